The highest BCUT2D eigenvalue weighted by Gasteiger charge is 2.25. The Morgan fingerprint density at radius 2 is 2.05 bits per heavy atom. The fourth-order valence-electron chi connectivity index (χ4n) is 1.62. The van der Waals surface area contributed by atoms with Crippen molar-refractivity contribution in [3.63, 3.8) is 0 Å². The lowest BCUT2D eigenvalue weighted by molar-refractivity contribution is -0.139. The van der Waals surface area contributed by atoms with Gasteiger partial charge in [0.25, 0.3) is 0 Å². The highest BCUT2D eigenvalue weighted by atomic mass is 32.2. The Balaban J connectivity index is 2.95. The van der Waals surface area contributed by atoms with Crippen molar-refractivity contribution in [1.82, 2.24) is 4.72 Å². The van der Waals surface area contributed by atoms with Crippen LogP contribution in [0.5, 0.6) is 0 Å². The summed E-state index contributed by atoms with van der Waals surface area (Å²) in [7, 11) is -3.92. The predicted octanol–water partition coefficient (Wildman–Crippen LogP) is 1.19. The summed E-state index contributed by atoms with van der Waals surface area (Å²) in [6.07, 6.45) is 1.67. The third-order valence-corrected chi connectivity index (χ3v) is 4.20. The van der Waals surface area contributed by atoms with Gasteiger partial charge < -0.3 is 10.8 Å². The number of hydrogen-bond acceptors (Lipinski definition) is 4. The van der Waals surface area contributed by atoms with Gasteiger partial charge in [0.1, 0.15) is 10.9 Å². The van der Waals surface area contributed by atoms with Crippen molar-refractivity contribution >= 4 is 21.7 Å². The minimum absolute atomic E-state index is 0.0923. The molecule has 0 spiro atoms. The molecule has 0 saturated carbocycles. The monoisotopic (exact) mass is 286 g/mol. The molecule has 0 saturated heterocycles. The van der Waals surface area contributed by atoms with Crippen LogP contribution in [0.4, 0.5) is 5.69 Å². The Labute approximate surface area is 112 Å². The molecule has 1 aromatic rings. The Morgan fingerprint density at radius 3 is 2.58 bits per heavy atom. The van der Waals surface area contributed by atoms with Gasteiger partial charge in [-0.25, -0.2) is 8.42 Å². The van der Waals surface area contributed by atoms with Crippen LogP contribution in [0.25, 0.3) is 0 Å². The number of nitrogens with one attached hydrogen (secondary N) is 1. The van der Waals surface area contributed by atoms with E-state index in [1.54, 1.807) is 6.07 Å². The average Bonchev–Trinajstić information content (AvgIpc) is 2.34. The average molecular weight is 286 g/mol. The highest BCUT2D eigenvalue weighted by molar-refractivity contribution is 7.89. The molecule has 0 aliphatic carbocycles. The molecule has 0 heterocycles. The molecule has 0 amide bonds. The first-order valence-electron chi connectivity index (χ1n) is 5.98. The fourth-order valence-corrected chi connectivity index (χ4v) is 2.97. The van der Waals surface area contributed by atoms with E-state index in [9.17, 15) is 13.2 Å². The number of nitrogen functional groups attached to an aromatic ring is 1. The molecule has 1 aromatic carbocycles. The number of para-hydroxylation sites is 1. The van der Waals surface area contributed by atoms with Crippen molar-refractivity contribution in [3.05, 3.63) is 24.3 Å². The molecule has 0 aliphatic rings. The second-order valence-corrected chi connectivity index (χ2v) is 5.87. The number of hydrogen-bond donors (Lipinski definition) is 3. The van der Waals surface area contributed by atoms with Crippen LogP contribution in [0, 0.1) is 0 Å². The van der Waals surface area contributed by atoms with E-state index in [4.69, 9.17) is 10.8 Å². The van der Waals surface area contributed by atoms with Crippen LogP contribution >= 0.6 is 0 Å². The molecule has 4 N–H and O–H groups in total. The lowest BCUT2D eigenvalue weighted by Crippen LogP contribution is -2.40. The number of rotatable bonds is 7. The third kappa shape index (κ3) is 4.22. The molecule has 1 unspecified atom stereocenters. The highest BCUT2D eigenvalue weighted by Crippen LogP contribution is 2.18. The van der Waals surface area contributed by atoms with Crippen molar-refractivity contribution in [2.24, 2.45) is 0 Å². The number of aliphatic carboxylic acids is 1. The normalized spacial score (nSPS) is 13.1. The number of unbranched alkanes of at least 4 members (excludes halogenated alkanes) is 1. The summed E-state index contributed by atoms with van der Waals surface area (Å²) >= 11 is 0. The van der Waals surface area contributed by atoms with Crippen molar-refractivity contribution in [2.75, 3.05) is 5.73 Å². The fraction of sp³-hybridized carbons (Fsp3) is 0.417. The second kappa shape index (κ2) is 6.53. The molecule has 1 rings (SSSR count). The van der Waals surface area contributed by atoms with Crippen LogP contribution in [-0.2, 0) is 14.8 Å². The molecule has 0 aliphatic heterocycles. The van der Waals surface area contributed by atoms with E-state index in [1.165, 1.54) is 18.2 Å². The minimum Gasteiger partial charge on any atom is -0.480 e. The number of anilines is 1. The van der Waals surface area contributed by atoms with Gasteiger partial charge in [-0.05, 0) is 18.6 Å². The zero-order valence-corrected chi connectivity index (χ0v) is 11.5. The van der Waals surface area contributed by atoms with Gasteiger partial charge in [-0.1, -0.05) is 31.9 Å². The quantitative estimate of drug-likeness (QED) is 0.652. The predicted molar refractivity (Wildman–Crippen MR) is 72.1 cm³/mol. The van der Waals surface area contributed by atoms with Crippen molar-refractivity contribution in [1.29, 1.82) is 0 Å². The first-order valence-corrected chi connectivity index (χ1v) is 7.46. The summed E-state index contributed by atoms with van der Waals surface area (Å²) in [6, 6.07) is 4.81. The van der Waals surface area contributed by atoms with E-state index in [1.807, 2.05) is 6.92 Å². The van der Waals surface area contributed by atoms with E-state index in [-0.39, 0.29) is 17.0 Å². The molecule has 6 nitrogen and oxygen atoms in total. The summed E-state index contributed by atoms with van der Waals surface area (Å²) in [5.41, 5.74) is 5.68. The lowest BCUT2D eigenvalue weighted by Gasteiger charge is -2.15. The first kappa shape index (κ1) is 15.5. The van der Waals surface area contributed by atoms with E-state index >= 15 is 0 Å². The zero-order valence-electron chi connectivity index (χ0n) is 10.7. The smallest absolute Gasteiger partial charge is 0.321 e. The summed E-state index contributed by atoms with van der Waals surface area (Å²) in [5.74, 6) is -1.19. The van der Waals surface area contributed by atoms with Gasteiger partial charge in [0.2, 0.25) is 10.0 Å². The minimum atomic E-state index is -3.92. The molecule has 1 atom stereocenters. The van der Waals surface area contributed by atoms with E-state index < -0.39 is 22.0 Å². The number of nitrogens with two attached hydrogens (primary N) is 1. The Morgan fingerprint density at radius 1 is 1.42 bits per heavy atom. The maximum absolute atomic E-state index is 12.1. The standard InChI is InChI=1S/C12H18N2O4S/c1-2-3-7-10(12(15)16)14-19(17,18)11-8-5-4-6-9(11)13/h4-6,8,10,14H,2-3,7,13H2,1H3,(H,15,16). The summed E-state index contributed by atoms with van der Waals surface area (Å²) in [5, 5.41) is 9.02. The Bertz CT molecular complexity index is 542. The maximum Gasteiger partial charge on any atom is 0.321 e. The number of sulfonamides is 1. The number of benzene rings is 1. The molecular formula is C12H18N2O4S. The first-order chi connectivity index (χ1) is 8.88. The van der Waals surface area contributed by atoms with E-state index in [0.717, 1.165) is 6.42 Å². The van der Waals surface area contributed by atoms with Crippen LogP contribution in [-0.4, -0.2) is 25.5 Å². The zero-order chi connectivity index (χ0) is 14.5. The van der Waals surface area contributed by atoms with Gasteiger partial charge in [0.05, 0.1) is 5.69 Å². The van der Waals surface area contributed by atoms with Gasteiger partial charge in [-0.3, -0.25) is 4.79 Å². The Hall–Kier alpha value is -1.60. The molecule has 106 valence electrons. The van der Waals surface area contributed by atoms with Gasteiger partial charge in [-0.15, -0.1) is 0 Å². The van der Waals surface area contributed by atoms with Crippen LogP contribution in [0.3, 0.4) is 0 Å². The second-order valence-electron chi connectivity index (χ2n) is 4.19. The van der Waals surface area contributed by atoms with Crippen molar-refractivity contribution in [2.45, 2.75) is 37.1 Å². The largest absolute Gasteiger partial charge is 0.480 e. The van der Waals surface area contributed by atoms with Crippen LogP contribution in [0.2, 0.25) is 0 Å². The maximum atomic E-state index is 12.1. The summed E-state index contributed by atoms with van der Waals surface area (Å²) in [6.45, 7) is 1.91. The van der Waals surface area contributed by atoms with Crippen LogP contribution < -0.4 is 10.5 Å². The number of carbonyl (C=O) groups is 1. The molecule has 0 fully saturated rings. The summed E-state index contributed by atoms with van der Waals surface area (Å²) < 4.78 is 26.3. The van der Waals surface area contributed by atoms with Crippen LogP contribution in [0.15, 0.2) is 29.2 Å². The third-order valence-electron chi connectivity index (χ3n) is 2.65. The van der Waals surface area contributed by atoms with Crippen molar-refractivity contribution in [3.8, 4) is 0 Å². The molecule has 7 heteroatoms. The summed E-state index contributed by atoms with van der Waals surface area (Å²) in [4.78, 5) is 10.9. The Kier molecular flexibility index (Phi) is 5.31. The van der Waals surface area contributed by atoms with Gasteiger partial charge in [0.15, 0.2) is 0 Å². The molecule has 19 heavy (non-hydrogen) atoms. The number of carboxylic acids is 1. The van der Waals surface area contributed by atoms with E-state index in [2.05, 4.69) is 4.72 Å². The number of carboxylic acid groups (broad SMARTS) is 1. The topological polar surface area (TPSA) is 109 Å². The SMILES string of the molecule is CCCCC(NS(=O)(=O)c1ccccc1N)C(=O)O. The lowest BCUT2D eigenvalue weighted by atomic mass is 10.1. The molecule has 0 bridgehead atoms. The van der Waals surface area contributed by atoms with Crippen molar-refractivity contribution < 1.29 is 18.3 Å². The van der Waals surface area contributed by atoms with Gasteiger partial charge in [0, 0.05) is 0 Å². The molecule has 0 aromatic heterocycles. The molecular weight excluding hydrogens is 268 g/mol. The van der Waals surface area contributed by atoms with Gasteiger partial charge >= 0.3 is 5.97 Å². The van der Waals surface area contributed by atoms with Crippen LogP contribution in [0.1, 0.15) is 26.2 Å². The van der Waals surface area contributed by atoms with Gasteiger partial charge in [-0.2, -0.15) is 4.72 Å². The molecule has 0 radical (unpaired) electrons. The van der Waals surface area contributed by atoms with E-state index in [0.29, 0.717) is 6.42 Å².